The molecule has 6 rings (SSSR count). The van der Waals surface area contributed by atoms with Crippen LogP contribution in [0.2, 0.25) is 0 Å². The monoisotopic (exact) mass is 472 g/mol. The van der Waals surface area contributed by atoms with E-state index in [0.717, 1.165) is 9.69 Å². The third-order valence-corrected chi connectivity index (χ3v) is 7.44. The van der Waals surface area contributed by atoms with E-state index in [-0.39, 0.29) is 0 Å². The van der Waals surface area contributed by atoms with Crippen molar-refractivity contribution in [1.29, 1.82) is 0 Å². The zero-order chi connectivity index (χ0) is 21.8. The highest BCUT2D eigenvalue weighted by atomic mass is 79.9. The first-order valence-corrected chi connectivity index (χ1v) is 11.7. The lowest BCUT2D eigenvalue weighted by molar-refractivity contribution is 1.57. The molecule has 0 bridgehead atoms. The number of rotatable bonds is 1. The number of benzene rings is 6. The molecular weight excluding hydrogens is 452 g/mol. The Balaban J connectivity index is 1.83. The van der Waals surface area contributed by atoms with Crippen LogP contribution >= 0.6 is 15.9 Å². The molecule has 0 unspecified atom stereocenters. The average molecular weight is 473 g/mol. The van der Waals surface area contributed by atoms with E-state index in [1.807, 2.05) is 0 Å². The zero-order valence-electron chi connectivity index (χ0n) is 17.8. The van der Waals surface area contributed by atoms with E-state index >= 15 is 0 Å². The highest BCUT2D eigenvalue weighted by molar-refractivity contribution is 9.10. The third-order valence-electron chi connectivity index (χ3n) is 6.58. The normalized spacial score (nSPS) is 12.4. The van der Waals surface area contributed by atoms with Crippen molar-refractivity contribution in [3.05, 3.63) is 106 Å². The van der Waals surface area contributed by atoms with Crippen LogP contribution in [0, 0.1) is 0 Å². The molecule has 0 aliphatic rings. The van der Waals surface area contributed by atoms with Gasteiger partial charge in [-0.3, -0.25) is 0 Å². The summed E-state index contributed by atoms with van der Waals surface area (Å²) >= 11 is 3.88. The molecule has 0 amide bonds. The SMILES string of the molecule is C=c1cc2ccc3c(-c4c5ccccc5c(Br)c5ccccc45)cccc3c2c/c1=C/C. The van der Waals surface area contributed by atoms with E-state index in [0.29, 0.717) is 0 Å². The highest BCUT2D eigenvalue weighted by Crippen LogP contribution is 2.44. The van der Waals surface area contributed by atoms with Crippen molar-refractivity contribution in [2.75, 3.05) is 0 Å². The standard InChI is InChI=1S/C31H21Br/c1-3-20-18-29-21(17-19(20)2)15-16-23-22(29)13-8-14-24(23)30-25-9-4-6-11-27(25)31(32)28-12-7-5-10-26(28)30/h3-18H,2H2,1H3/b20-3-. The summed E-state index contributed by atoms with van der Waals surface area (Å²) in [7, 11) is 0. The second-order valence-corrected chi connectivity index (χ2v) is 9.10. The quantitative estimate of drug-likeness (QED) is 0.168. The van der Waals surface area contributed by atoms with Crippen molar-refractivity contribution in [2.24, 2.45) is 0 Å². The van der Waals surface area contributed by atoms with Crippen molar-refractivity contribution in [1.82, 2.24) is 0 Å². The second-order valence-electron chi connectivity index (χ2n) is 8.31. The fourth-order valence-electron chi connectivity index (χ4n) is 5.06. The first-order valence-electron chi connectivity index (χ1n) is 10.9. The van der Waals surface area contributed by atoms with E-state index in [2.05, 4.69) is 127 Å². The van der Waals surface area contributed by atoms with Crippen LogP contribution in [0.1, 0.15) is 6.92 Å². The fraction of sp³-hybridized carbons (Fsp3) is 0.0323. The van der Waals surface area contributed by atoms with Crippen molar-refractivity contribution in [3.63, 3.8) is 0 Å². The van der Waals surface area contributed by atoms with Gasteiger partial charge in [0.05, 0.1) is 0 Å². The highest BCUT2D eigenvalue weighted by Gasteiger charge is 2.16. The maximum absolute atomic E-state index is 4.23. The van der Waals surface area contributed by atoms with Crippen LogP contribution in [0.25, 0.3) is 66.9 Å². The molecule has 6 aromatic carbocycles. The largest absolute Gasteiger partial charge is 0.0911 e. The van der Waals surface area contributed by atoms with Gasteiger partial charge in [0.25, 0.3) is 0 Å². The molecule has 0 nitrogen and oxygen atoms in total. The van der Waals surface area contributed by atoms with Crippen LogP contribution < -0.4 is 10.4 Å². The van der Waals surface area contributed by atoms with E-state index < -0.39 is 0 Å². The number of hydrogen-bond donors (Lipinski definition) is 0. The van der Waals surface area contributed by atoms with Gasteiger partial charge >= 0.3 is 0 Å². The Morgan fingerprint density at radius 3 is 1.91 bits per heavy atom. The van der Waals surface area contributed by atoms with Gasteiger partial charge < -0.3 is 0 Å². The first-order chi connectivity index (χ1) is 15.7. The van der Waals surface area contributed by atoms with Gasteiger partial charge in [-0.1, -0.05) is 91.5 Å². The van der Waals surface area contributed by atoms with Gasteiger partial charge in [0, 0.05) is 4.47 Å². The minimum absolute atomic E-state index is 1.07. The van der Waals surface area contributed by atoms with Crippen LogP contribution in [-0.4, -0.2) is 0 Å². The van der Waals surface area contributed by atoms with Crippen molar-refractivity contribution < 1.29 is 0 Å². The van der Waals surface area contributed by atoms with Crippen LogP contribution in [0.15, 0.2) is 95.5 Å². The molecular formula is C31H21Br. The fourth-order valence-corrected chi connectivity index (χ4v) is 5.75. The Hall–Kier alpha value is -3.42. The summed E-state index contributed by atoms with van der Waals surface area (Å²) < 4.78 is 1.16. The lowest BCUT2D eigenvalue weighted by atomic mass is 9.88. The summed E-state index contributed by atoms with van der Waals surface area (Å²) in [6.45, 7) is 6.30. The predicted octanol–water partition coefficient (Wildman–Crippen LogP) is 7.94. The van der Waals surface area contributed by atoms with Crippen molar-refractivity contribution in [2.45, 2.75) is 6.92 Å². The lowest BCUT2D eigenvalue weighted by Crippen LogP contribution is -2.21. The van der Waals surface area contributed by atoms with Crippen LogP contribution in [0.3, 0.4) is 0 Å². The minimum Gasteiger partial charge on any atom is -0.0911 e. The van der Waals surface area contributed by atoms with Gasteiger partial charge in [-0.2, -0.15) is 0 Å². The molecule has 1 heteroatoms. The molecule has 0 aliphatic carbocycles. The molecule has 0 spiro atoms. The summed E-state index contributed by atoms with van der Waals surface area (Å²) in [5, 5.41) is 12.3. The van der Waals surface area contributed by atoms with Gasteiger partial charge in [0.15, 0.2) is 0 Å². The summed E-state index contributed by atoms with van der Waals surface area (Å²) in [4.78, 5) is 0. The summed E-state index contributed by atoms with van der Waals surface area (Å²) in [6, 6.07) is 33.0. The van der Waals surface area contributed by atoms with Crippen LogP contribution in [-0.2, 0) is 0 Å². The van der Waals surface area contributed by atoms with Gasteiger partial charge in [-0.25, -0.2) is 0 Å². The van der Waals surface area contributed by atoms with E-state index in [1.165, 1.54) is 59.4 Å². The molecule has 0 fully saturated rings. The Morgan fingerprint density at radius 2 is 1.25 bits per heavy atom. The number of hydrogen-bond acceptors (Lipinski definition) is 0. The Morgan fingerprint density at radius 1 is 0.625 bits per heavy atom. The van der Waals surface area contributed by atoms with Crippen molar-refractivity contribution in [3.8, 4) is 11.1 Å². The van der Waals surface area contributed by atoms with E-state index in [1.54, 1.807) is 0 Å². The van der Waals surface area contributed by atoms with Crippen LogP contribution in [0.5, 0.6) is 0 Å². The second kappa shape index (κ2) is 7.32. The average Bonchev–Trinajstić information content (AvgIpc) is 2.84. The van der Waals surface area contributed by atoms with Gasteiger partial charge in [-0.15, -0.1) is 0 Å². The molecule has 0 aromatic heterocycles. The molecule has 0 saturated carbocycles. The molecule has 152 valence electrons. The zero-order valence-corrected chi connectivity index (χ0v) is 19.4. The topological polar surface area (TPSA) is 0 Å². The predicted molar refractivity (Wildman–Crippen MR) is 145 cm³/mol. The van der Waals surface area contributed by atoms with Gasteiger partial charge in [-0.05, 0) is 99.6 Å². The molecule has 32 heavy (non-hydrogen) atoms. The maximum atomic E-state index is 4.23. The van der Waals surface area contributed by atoms with Crippen LogP contribution in [0.4, 0.5) is 0 Å². The third kappa shape index (κ3) is 2.75. The summed E-state index contributed by atoms with van der Waals surface area (Å²) in [5.74, 6) is 0. The Bertz CT molecular complexity index is 1750. The van der Waals surface area contributed by atoms with Gasteiger partial charge in [0.2, 0.25) is 0 Å². The maximum Gasteiger partial charge on any atom is 0.0332 e. The Kier molecular flexibility index (Phi) is 4.41. The lowest BCUT2D eigenvalue weighted by Gasteiger charge is -2.16. The van der Waals surface area contributed by atoms with Gasteiger partial charge in [0.1, 0.15) is 0 Å². The molecule has 0 heterocycles. The molecule has 0 aliphatic heterocycles. The molecule has 0 N–H and O–H groups in total. The minimum atomic E-state index is 1.07. The molecule has 0 radical (unpaired) electrons. The van der Waals surface area contributed by atoms with E-state index in [4.69, 9.17) is 0 Å². The smallest absolute Gasteiger partial charge is 0.0332 e. The number of fused-ring (bicyclic) bond motifs is 5. The molecule has 0 atom stereocenters. The summed E-state index contributed by atoms with van der Waals surface area (Å²) in [6.07, 6.45) is 2.14. The van der Waals surface area contributed by atoms with Crippen molar-refractivity contribution >= 4 is 71.7 Å². The molecule has 6 aromatic rings. The summed E-state index contributed by atoms with van der Waals surface area (Å²) in [5.41, 5.74) is 2.56. The Labute approximate surface area is 195 Å². The first kappa shape index (κ1) is 19.3. The van der Waals surface area contributed by atoms with E-state index in [9.17, 15) is 0 Å². The molecule has 0 saturated heterocycles. The number of halogens is 1.